The van der Waals surface area contributed by atoms with Gasteiger partial charge in [-0.15, -0.1) is 0 Å². The average Bonchev–Trinajstić information content (AvgIpc) is 2.65. The van der Waals surface area contributed by atoms with Crippen molar-refractivity contribution in [3.63, 3.8) is 0 Å². The molecule has 2 aromatic rings. The van der Waals surface area contributed by atoms with Crippen LogP contribution in [0.2, 0.25) is 0 Å². The maximum absolute atomic E-state index is 12.2. The molecule has 2 rings (SSSR count). The Morgan fingerprint density at radius 2 is 2.00 bits per heavy atom. The average molecular weight is 369 g/mol. The van der Waals surface area contributed by atoms with Crippen LogP contribution in [0.4, 0.5) is 5.69 Å². The van der Waals surface area contributed by atoms with Crippen LogP contribution in [0.25, 0.3) is 10.8 Å². The number of nitriles is 1. The smallest absolute Gasteiger partial charge is 0.326 e. The summed E-state index contributed by atoms with van der Waals surface area (Å²) in [6, 6.07) is 14.2. The molecule has 3 N–H and O–H groups in total. The van der Waals surface area contributed by atoms with E-state index in [1.165, 1.54) is 18.0 Å². The Hall–Kier alpha value is -2.98. The summed E-state index contributed by atoms with van der Waals surface area (Å²) in [5, 5.41) is 25.8. The molecule has 0 fully saturated rings. The molecular formula is C19H19N3O3S. The summed E-state index contributed by atoms with van der Waals surface area (Å²) in [7, 11) is 0. The van der Waals surface area contributed by atoms with Crippen molar-refractivity contribution in [3.8, 4) is 6.07 Å². The zero-order valence-corrected chi connectivity index (χ0v) is 15.0. The van der Waals surface area contributed by atoms with Crippen molar-refractivity contribution >= 4 is 40.1 Å². The number of rotatable bonds is 8. The summed E-state index contributed by atoms with van der Waals surface area (Å²) in [4.78, 5) is 23.5. The normalized spacial score (nSPS) is 12.2. The third kappa shape index (κ3) is 5.01. The SMILES string of the molecule is CSCCC(NC(=O)/C(C#N)=C\Nc1cccc2ccccc12)C(=O)O. The summed E-state index contributed by atoms with van der Waals surface area (Å²) in [6.07, 6.45) is 3.44. The van der Waals surface area contributed by atoms with Gasteiger partial charge in [0.1, 0.15) is 17.7 Å². The lowest BCUT2D eigenvalue weighted by Gasteiger charge is -2.13. The molecule has 2 aromatic carbocycles. The standard InChI is InChI=1S/C19H19N3O3S/c1-26-10-9-17(19(24)25)22-18(23)14(11-20)12-21-16-8-4-6-13-5-2-3-7-15(13)16/h2-8,12,17,21H,9-10H2,1H3,(H,22,23)(H,24,25)/b14-12-. The molecule has 0 aromatic heterocycles. The second-order valence-electron chi connectivity index (χ2n) is 5.49. The van der Waals surface area contributed by atoms with E-state index < -0.39 is 17.9 Å². The number of aliphatic carboxylic acids is 1. The van der Waals surface area contributed by atoms with E-state index in [-0.39, 0.29) is 12.0 Å². The first-order valence-corrected chi connectivity index (χ1v) is 9.33. The molecule has 7 heteroatoms. The summed E-state index contributed by atoms with van der Waals surface area (Å²) < 4.78 is 0. The van der Waals surface area contributed by atoms with Crippen molar-refractivity contribution in [1.29, 1.82) is 5.26 Å². The van der Waals surface area contributed by atoms with Crippen LogP contribution < -0.4 is 10.6 Å². The van der Waals surface area contributed by atoms with Crippen LogP contribution in [0.3, 0.4) is 0 Å². The Kier molecular flexibility index (Phi) is 7.06. The highest BCUT2D eigenvalue weighted by molar-refractivity contribution is 7.98. The van der Waals surface area contributed by atoms with Crippen molar-refractivity contribution in [2.75, 3.05) is 17.3 Å². The van der Waals surface area contributed by atoms with Gasteiger partial charge in [-0.05, 0) is 29.9 Å². The number of benzene rings is 2. The van der Waals surface area contributed by atoms with E-state index in [1.807, 2.05) is 54.8 Å². The predicted molar refractivity (Wildman–Crippen MR) is 104 cm³/mol. The van der Waals surface area contributed by atoms with Crippen LogP contribution in [-0.2, 0) is 9.59 Å². The third-order valence-corrected chi connectivity index (χ3v) is 4.38. The Balaban J connectivity index is 2.15. The third-order valence-electron chi connectivity index (χ3n) is 3.74. The minimum atomic E-state index is -1.12. The van der Waals surface area contributed by atoms with Crippen molar-refractivity contribution < 1.29 is 14.7 Å². The number of anilines is 1. The van der Waals surface area contributed by atoms with Crippen LogP contribution >= 0.6 is 11.8 Å². The summed E-state index contributed by atoms with van der Waals surface area (Å²) >= 11 is 1.49. The van der Waals surface area contributed by atoms with Crippen LogP contribution in [-0.4, -0.2) is 35.0 Å². The van der Waals surface area contributed by atoms with Crippen molar-refractivity contribution in [1.82, 2.24) is 5.32 Å². The molecule has 0 heterocycles. The Labute approximate surface area is 155 Å². The highest BCUT2D eigenvalue weighted by atomic mass is 32.2. The van der Waals surface area contributed by atoms with E-state index in [1.54, 1.807) is 0 Å². The lowest BCUT2D eigenvalue weighted by atomic mass is 10.1. The first kappa shape index (κ1) is 19.3. The summed E-state index contributed by atoms with van der Waals surface area (Å²) in [6.45, 7) is 0. The molecule has 1 atom stereocenters. The van der Waals surface area contributed by atoms with E-state index >= 15 is 0 Å². The molecule has 0 radical (unpaired) electrons. The van der Waals surface area contributed by atoms with Gasteiger partial charge in [0.25, 0.3) is 5.91 Å². The Bertz CT molecular complexity index is 868. The van der Waals surface area contributed by atoms with E-state index in [4.69, 9.17) is 0 Å². The number of carboxylic acid groups (broad SMARTS) is 1. The minimum absolute atomic E-state index is 0.187. The number of carboxylic acids is 1. The van der Waals surface area contributed by atoms with Crippen LogP contribution in [0, 0.1) is 11.3 Å². The van der Waals surface area contributed by atoms with Crippen LogP contribution in [0.5, 0.6) is 0 Å². The molecule has 0 aliphatic rings. The van der Waals surface area contributed by atoms with E-state index in [9.17, 15) is 20.0 Å². The molecular weight excluding hydrogens is 350 g/mol. The van der Waals surface area contributed by atoms with Gasteiger partial charge in [0.15, 0.2) is 0 Å². The minimum Gasteiger partial charge on any atom is -0.480 e. The number of carbonyl (C=O) groups excluding carboxylic acids is 1. The predicted octanol–water partition coefficient (Wildman–Crippen LogP) is 2.98. The topological polar surface area (TPSA) is 102 Å². The van der Waals surface area contributed by atoms with Gasteiger partial charge in [-0.2, -0.15) is 17.0 Å². The van der Waals surface area contributed by atoms with E-state index in [0.717, 1.165) is 16.5 Å². The number of amides is 1. The Morgan fingerprint density at radius 3 is 2.69 bits per heavy atom. The first-order valence-electron chi connectivity index (χ1n) is 7.94. The van der Waals surface area contributed by atoms with Crippen molar-refractivity contribution in [2.24, 2.45) is 0 Å². The number of nitrogens with one attached hydrogen (secondary N) is 2. The highest BCUT2D eigenvalue weighted by Gasteiger charge is 2.21. The van der Waals surface area contributed by atoms with Gasteiger partial charge >= 0.3 is 5.97 Å². The second-order valence-corrected chi connectivity index (χ2v) is 6.47. The number of hydrogen-bond donors (Lipinski definition) is 3. The fraction of sp³-hybridized carbons (Fsp3) is 0.211. The molecule has 0 saturated heterocycles. The zero-order valence-electron chi connectivity index (χ0n) is 14.2. The molecule has 0 aliphatic carbocycles. The fourth-order valence-electron chi connectivity index (χ4n) is 2.38. The second kappa shape index (κ2) is 9.49. The monoisotopic (exact) mass is 369 g/mol. The lowest BCUT2D eigenvalue weighted by molar-refractivity contribution is -0.141. The molecule has 0 aliphatic heterocycles. The van der Waals surface area contributed by atoms with Gasteiger partial charge in [-0.3, -0.25) is 4.79 Å². The number of thioether (sulfide) groups is 1. The molecule has 26 heavy (non-hydrogen) atoms. The van der Waals surface area contributed by atoms with E-state index in [2.05, 4.69) is 10.6 Å². The molecule has 1 unspecified atom stereocenters. The van der Waals surface area contributed by atoms with Gasteiger partial charge < -0.3 is 15.7 Å². The molecule has 134 valence electrons. The number of nitrogens with zero attached hydrogens (tertiary/aromatic N) is 1. The number of fused-ring (bicyclic) bond motifs is 1. The van der Waals surface area contributed by atoms with Crippen molar-refractivity contribution in [3.05, 3.63) is 54.2 Å². The lowest BCUT2D eigenvalue weighted by Crippen LogP contribution is -2.41. The maximum atomic E-state index is 12.2. The molecule has 0 bridgehead atoms. The van der Waals surface area contributed by atoms with E-state index in [0.29, 0.717) is 5.75 Å². The summed E-state index contributed by atoms with van der Waals surface area (Å²) in [5.41, 5.74) is 0.564. The van der Waals surface area contributed by atoms with Crippen LogP contribution in [0.1, 0.15) is 6.42 Å². The highest BCUT2D eigenvalue weighted by Crippen LogP contribution is 2.23. The molecule has 6 nitrogen and oxygen atoms in total. The van der Waals surface area contributed by atoms with Gasteiger partial charge in [0.05, 0.1) is 0 Å². The van der Waals surface area contributed by atoms with Gasteiger partial charge in [0, 0.05) is 17.3 Å². The van der Waals surface area contributed by atoms with Gasteiger partial charge in [-0.25, -0.2) is 4.79 Å². The number of carbonyl (C=O) groups is 2. The van der Waals surface area contributed by atoms with Gasteiger partial charge in [0.2, 0.25) is 0 Å². The first-order chi connectivity index (χ1) is 12.6. The van der Waals surface area contributed by atoms with Crippen molar-refractivity contribution in [2.45, 2.75) is 12.5 Å². The van der Waals surface area contributed by atoms with Crippen LogP contribution in [0.15, 0.2) is 54.2 Å². The number of hydrogen-bond acceptors (Lipinski definition) is 5. The molecule has 1 amide bonds. The fourth-order valence-corrected chi connectivity index (χ4v) is 2.85. The van der Waals surface area contributed by atoms with Gasteiger partial charge in [-0.1, -0.05) is 36.4 Å². The largest absolute Gasteiger partial charge is 0.480 e. The zero-order chi connectivity index (χ0) is 18.9. The summed E-state index contributed by atoms with van der Waals surface area (Å²) in [5.74, 6) is -1.24. The molecule has 0 spiro atoms. The Morgan fingerprint density at radius 1 is 1.27 bits per heavy atom. The quantitative estimate of drug-likeness (QED) is 0.488. The maximum Gasteiger partial charge on any atom is 0.326 e. The molecule has 0 saturated carbocycles.